The van der Waals surface area contributed by atoms with Gasteiger partial charge in [-0.2, -0.15) is 5.26 Å². The van der Waals surface area contributed by atoms with Crippen LogP contribution in [-0.4, -0.2) is 0 Å². The van der Waals surface area contributed by atoms with Crippen molar-refractivity contribution in [3.05, 3.63) is 12.2 Å². The lowest BCUT2D eigenvalue weighted by molar-refractivity contribution is 0.657. The molecule has 0 bridgehead atoms. The van der Waals surface area contributed by atoms with E-state index in [2.05, 4.69) is 19.6 Å². The highest BCUT2D eigenvalue weighted by Crippen LogP contribution is 2.15. The van der Waals surface area contributed by atoms with Crippen molar-refractivity contribution in [3.8, 4) is 6.07 Å². The van der Waals surface area contributed by atoms with Crippen LogP contribution >= 0.6 is 0 Å². The van der Waals surface area contributed by atoms with Gasteiger partial charge in [0.2, 0.25) is 0 Å². The lowest BCUT2D eigenvalue weighted by Crippen LogP contribution is -1.92. The van der Waals surface area contributed by atoms with Gasteiger partial charge in [0.1, 0.15) is 0 Å². The molecule has 0 aromatic rings. The molecule has 0 heterocycles. The van der Waals surface area contributed by atoms with E-state index in [4.69, 9.17) is 5.26 Å². The van der Waals surface area contributed by atoms with E-state index in [1.165, 1.54) is 24.8 Å². The molecule has 1 heteroatoms. The predicted molar refractivity (Wildman–Crippen MR) is 52.7 cm³/mol. The average Bonchev–Trinajstić information content (AvgIpc) is 2.05. The van der Waals surface area contributed by atoms with Gasteiger partial charge < -0.3 is 0 Å². The fourth-order valence-electron chi connectivity index (χ4n) is 1.21. The Kier molecular flexibility index (Phi) is 6.47. The SMILES string of the molecule is C=C(CCCCC)CC(C)C#N. The van der Waals surface area contributed by atoms with Crippen molar-refractivity contribution >= 4 is 0 Å². The molecule has 68 valence electrons. The van der Waals surface area contributed by atoms with Crippen LogP contribution in [0.3, 0.4) is 0 Å². The van der Waals surface area contributed by atoms with Crippen molar-refractivity contribution in [1.82, 2.24) is 0 Å². The molecule has 1 atom stereocenters. The number of allylic oxidation sites excluding steroid dienone is 1. The molecular formula is C11H19N. The van der Waals surface area contributed by atoms with Gasteiger partial charge in [-0.1, -0.05) is 31.9 Å². The molecule has 0 aliphatic carbocycles. The summed E-state index contributed by atoms with van der Waals surface area (Å²) in [4.78, 5) is 0. The molecule has 1 nitrogen and oxygen atoms in total. The molecule has 0 saturated heterocycles. The first-order valence-electron chi connectivity index (χ1n) is 4.77. The van der Waals surface area contributed by atoms with Crippen LogP contribution in [0.15, 0.2) is 12.2 Å². The van der Waals surface area contributed by atoms with Crippen LogP contribution < -0.4 is 0 Å². The maximum Gasteiger partial charge on any atom is 0.0656 e. The third-order valence-corrected chi connectivity index (χ3v) is 1.95. The second-order valence-electron chi connectivity index (χ2n) is 3.44. The number of nitrogens with zero attached hydrogens (tertiary/aromatic N) is 1. The molecule has 0 amide bonds. The third kappa shape index (κ3) is 5.97. The summed E-state index contributed by atoms with van der Waals surface area (Å²) in [6.45, 7) is 8.11. The maximum atomic E-state index is 8.56. The van der Waals surface area contributed by atoms with E-state index in [0.717, 1.165) is 12.8 Å². The van der Waals surface area contributed by atoms with E-state index in [0.29, 0.717) is 0 Å². The zero-order chi connectivity index (χ0) is 9.40. The first-order valence-corrected chi connectivity index (χ1v) is 4.77. The van der Waals surface area contributed by atoms with E-state index in [1.807, 2.05) is 6.92 Å². The quantitative estimate of drug-likeness (QED) is 0.435. The Balaban J connectivity index is 3.41. The smallest absolute Gasteiger partial charge is 0.0656 e. The van der Waals surface area contributed by atoms with Crippen molar-refractivity contribution in [1.29, 1.82) is 5.26 Å². The number of hydrogen-bond acceptors (Lipinski definition) is 1. The Bertz CT molecular complexity index is 164. The van der Waals surface area contributed by atoms with Crippen LogP contribution in [-0.2, 0) is 0 Å². The highest BCUT2D eigenvalue weighted by Gasteiger charge is 2.01. The Hall–Kier alpha value is -0.770. The van der Waals surface area contributed by atoms with Crippen molar-refractivity contribution in [2.45, 2.75) is 46.0 Å². The van der Waals surface area contributed by atoms with Gasteiger partial charge >= 0.3 is 0 Å². The van der Waals surface area contributed by atoms with Gasteiger partial charge in [0.25, 0.3) is 0 Å². The molecule has 0 aliphatic rings. The average molecular weight is 165 g/mol. The van der Waals surface area contributed by atoms with Gasteiger partial charge in [0.05, 0.1) is 6.07 Å². The molecule has 0 aromatic heterocycles. The number of nitriles is 1. The topological polar surface area (TPSA) is 23.8 Å². The van der Waals surface area contributed by atoms with Crippen LogP contribution in [0.2, 0.25) is 0 Å². The summed E-state index contributed by atoms with van der Waals surface area (Å²) >= 11 is 0. The summed E-state index contributed by atoms with van der Waals surface area (Å²) in [6, 6.07) is 2.23. The van der Waals surface area contributed by atoms with Crippen molar-refractivity contribution in [2.75, 3.05) is 0 Å². The van der Waals surface area contributed by atoms with E-state index in [1.54, 1.807) is 0 Å². The molecule has 0 fully saturated rings. The van der Waals surface area contributed by atoms with E-state index < -0.39 is 0 Å². The molecule has 0 spiro atoms. The molecule has 0 N–H and O–H groups in total. The van der Waals surface area contributed by atoms with E-state index >= 15 is 0 Å². The first-order chi connectivity index (χ1) is 5.70. The Labute approximate surface area is 76.1 Å². The van der Waals surface area contributed by atoms with Gasteiger partial charge in [-0.15, -0.1) is 0 Å². The minimum atomic E-state index is 0.138. The van der Waals surface area contributed by atoms with Gasteiger partial charge in [-0.3, -0.25) is 0 Å². The maximum absolute atomic E-state index is 8.56. The Morgan fingerprint density at radius 1 is 1.50 bits per heavy atom. The molecular weight excluding hydrogens is 146 g/mol. The fourth-order valence-corrected chi connectivity index (χ4v) is 1.21. The van der Waals surface area contributed by atoms with Crippen LogP contribution in [0.1, 0.15) is 46.0 Å². The van der Waals surface area contributed by atoms with E-state index in [9.17, 15) is 0 Å². The lowest BCUT2D eigenvalue weighted by atomic mass is 9.99. The van der Waals surface area contributed by atoms with Crippen LogP contribution in [0.25, 0.3) is 0 Å². The zero-order valence-electron chi connectivity index (χ0n) is 8.27. The molecule has 0 rings (SSSR count). The molecule has 0 aliphatic heterocycles. The number of hydrogen-bond donors (Lipinski definition) is 0. The summed E-state index contributed by atoms with van der Waals surface area (Å²) in [5.41, 5.74) is 1.23. The summed E-state index contributed by atoms with van der Waals surface area (Å²) < 4.78 is 0. The summed E-state index contributed by atoms with van der Waals surface area (Å²) in [5, 5.41) is 8.56. The molecule has 0 aromatic carbocycles. The third-order valence-electron chi connectivity index (χ3n) is 1.95. The molecule has 0 saturated carbocycles. The van der Waals surface area contributed by atoms with Gasteiger partial charge in [-0.05, 0) is 26.2 Å². The summed E-state index contributed by atoms with van der Waals surface area (Å²) in [7, 11) is 0. The molecule has 12 heavy (non-hydrogen) atoms. The Morgan fingerprint density at radius 3 is 2.67 bits per heavy atom. The zero-order valence-corrected chi connectivity index (χ0v) is 8.27. The highest BCUT2D eigenvalue weighted by atomic mass is 14.3. The van der Waals surface area contributed by atoms with Gasteiger partial charge in [-0.25, -0.2) is 0 Å². The van der Waals surface area contributed by atoms with Crippen LogP contribution in [0.5, 0.6) is 0 Å². The largest absolute Gasteiger partial charge is 0.198 e. The van der Waals surface area contributed by atoms with Gasteiger partial charge in [0.15, 0.2) is 0 Å². The highest BCUT2D eigenvalue weighted by molar-refractivity contribution is 4.99. The van der Waals surface area contributed by atoms with Gasteiger partial charge in [0, 0.05) is 5.92 Å². The molecule has 1 unspecified atom stereocenters. The molecule has 0 radical (unpaired) electrons. The normalized spacial score (nSPS) is 12.1. The van der Waals surface area contributed by atoms with Crippen molar-refractivity contribution in [3.63, 3.8) is 0 Å². The van der Waals surface area contributed by atoms with Crippen molar-refractivity contribution in [2.24, 2.45) is 5.92 Å². The second kappa shape index (κ2) is 6.91. The summed E-state index contributed by atoms with van der Waals surface area (Å²) in [5.74, 6) is 0.138. The number of unbranched alkanes of at least 4 members (excludes halogenated alkanes) is 2. The Morgan fingerprint density at radius 2 is 2.17 bits per heavy atom. The number of rotatable bonds is 6. The van der Waals surface area contributed by atoms with E-state index in [-0.39, 0.29) is 5.92 Å². The standard InChI is InChI=1S/C11H19N/c1-4-5-6-7-10(2)8-11(3)9-12/h11H,2,4-8H2,1,3H3. The van der Waals surface area contributed by atoms with Crippen LogP contribution in [0.4, 0.5) is 0 Å². The van der Waals surface area contributed by atoms with Crippen molar-refractivity contribution < 1.29 is 0 Å². The monoisotopic (exact) mass is 165 g/mol. The minimum absolute atomic E-state index is 0.138. The fraction of sp³-hybridized carbons (Fsp3) is 0.727. The van der Waals surface area contributed by atoms with Crippen LogP contribution in [0, 0.1) is 17.2 Å². The minimum Gasteiger partial charge on any atom is -0.198 e. The lowest BCUT2D eigenvalue weighted by Gasteiger charge is -2.05. The second-order valence-corrected chi connectivity index (χ2v) is 3.44. The predicted octanol–water partition coefficient (Wildman–Crippen LogP) is 3.67. The first kappa shape index (κ1) is 11.2. The summed E-state index contributed by atoms with van der Waals surface area (Å²) in [6.07, 6.45) is 5.73.